The molecule has 1 heterocycles. The van der Waals surface area contributed by atoms with Gasteiger partial charge in [-0.1, -0.05) is 18.1 Å². The van der Waals surface area contributed by atoms with Crippen molar-refractivity contribution in [2.75, 3.05) is 6.54 Å². The predicted molar refractivity (Wildman–Crippen MR) is 60.8 cm³/mol. The summed E-state index contributed by atoms with van der Waals surface area (Å²) < 4.78 is 31.7. The summed E-state index contributed by atoms with van der Waals surface area (Å²) in [4.78, 5) is 4.05. The first-order chi connectivity index (χ1) is 8.70. The van der Waals surface area contributed by atoms with Gasteiger partial charge in [0.25, 0.3) is 0 Å². The molecule has 1 N–H and O–H groups in total. The number of benzene rings is 1. The number of rotatable bonds is 5. The van der Waals surface area contributed by atoms with E-state index in [1.165, 1.54) is 18.2 Å². The predicted octanol–water partition coefficient (Wildman–Crippen LogP) is 2.05. The molecule has 0 radical (unpaired) electrons. The molecular formula is C12H13F2N3O. The molecule has 96 valence electrons. The van der Waals surface area contributed by atoms with Gasteiger partial charge < -0.3 is 9.84 Å². The molecule has 0 spiro atoms. The lowest BCUT2D eigenvalue weighted by Crippen LogP contribution is -2.12. The Bertz CT molecular complexity index is 508. The van der Waals surface area contributed by atoms with E-state index in [4.69, 9.17) is 4.52 Å². The highest BCUT2D eigenvalue weighted by atomic mass is 19.1. The van der Waals surface area contributed by atoms with E-state index < -0.39 is 11.6 Å². The van der Waals surface area contributed by atoms with Crippen molar-refractivity contribution in [3.05, 3.63) is 47.1 Å². The van der Waals surface area contributed by atoms with Crippen molar-refractivity contribution in [2.24, 2.45) is 0 Å². The molecule has 0 saturated carbocycles. The van der Waals surface area contributed by atoms with Gasteiger partial charge in [-0.3, -0.25) is 0 Å². The van der Waals surface area contributed by atoms with Crippen LogP contribution in [0.2, 0.25) is 0 Å². The Hall–Kier alpha value is -1.82. The molecule has 0 aliphatic carbocycles. The van der Waals surface area contributed by atoms with Gasteiger partial charge in [0.05, 0.1) is 13.0 Å². The average Bonchev–Trinajstić information content (AvgIpc) is 2.79. The van der Waals surface area contributed by atoms with Crippen molar-refractivity contribution in [2.45, 2.75) is 19.9 Å². The summed E-state index contributed by atoms with van der Waals surface area (Å²) >= 11 is 0. The normalized spacial score (nSPS) is 10.8. The fraction of sp³-hybridized carbons (Fsp3) is 0.333. The van der Waals surface area contributed by atoms with E-state index in [1.54, 1.807) is 0 Å². The smallest absolute Gasteiger partial charge is 0.231 e. The molecular weight excluding hydrogens is 240 g/mol. The zero-order valence-electron chi connectivity index (χ0n) is 9.91. The van der Waals surface area contributed by atoms with E-state index in [2.05, 4.69) is 15.5 Å². The van der Waals surface area contributed by atoms with Crippen LogP contribution in [0.3, 0.4) is 0 Å². The highest BCUT2D eigenvalue weighted by molar-refractivity contribution is 5.22. The van der Waals surface area contributed by atoms with E-state index in [9.17, 15) is 8.78 Å². The van der Waals surface area contributed by atoms with Crippen LogP contribution in [0.5, 0.6) is 0 Å². The number of halogens is 2. The van der Waals surface area contributed by atoms with E-state index in [1.807, 2.05) is 6.92 Å². The molecule has 2 aromatic rings. The summed E-state index contributed by atoms with van der Waals surface area (Å²) in [5, 5.41) is 6.75. The summed E-state index contributed by atoms with van der Waals surface area (Å²) in [5.41, 5.74) is -0.0591. The van der Waals surface area contributed by atoms with E-state index in [0.29, 0.717) is 12.4 Å². The Morgan fingerprint density at radius 3 is 2.67 bits per heavy atom. The second-order valence-corrected chi connectivity index (χ2v) is 3.76. The lowest BCUT2D eigenvalue weighted by molar-refractivity contribution is 0.375. The maximum absolute atomic E-state index is 13.4. The minimum atomic E-state index is -0.610. The van der Waals surface area contributed by atoms with Crippen molar-refractivity contribution < 1.29 is 13.3 Å². The minimum absolute atomic E-state index is 0.0440. The Morgan fingerprint density at radius 2 is 2.00 bits per heavy atom. The maximum Gasteiger partial charge on any atom is 0.231 e. The van der Waals surface area contributed by atoms with Crippen LogP contribution in [-0.4, -0.2) is 16.7 Å². The van der Waals surface area contributed by atoms with Crippen molar-refractivity contribution in [1.82, 2.24) is 15.5 Å². The number of aromatic nitrogens is 2. The van der Waals surface area contributed by atoms with Gasteiger partial charge in [0.2, 0.25) is 5.89 Å². The molecule has 1 aromatic heterocycles. The van der Waals surface area contributed by atoms with Gasteiger partial charge in [-0.2, -0.15) is 4.98 Å². The topological polar surface area (TPSA) is 51.0 Å². The van der Waals surface area contributed by atoms with E-state index in [-0.39, 0.29) is 17.9 Å². The lowest BCUT2D eigenvalue weighted by atomic mass is 10.1. The average molecular weight is 253 g/mol. The summed E-state index contributed by atoms with van der Waals surface area (Å²) in [7, 11) is 0. The third-order valence-electron chi connectivity index (χ3n) is 2.43. The molecule has 0 aliphatic heterocycles. The summed E-state index contributed by atoms with van der Waals surface area (Å²) in [6.07, 6.45) is -0.0440. The first kappa shape index (κ1) is 12.6. The van der Waals surface area contributed by atoms with Gasteiger partial charge in [0.15, 0.2) is 5.82 Å². The van der Waals surface area contributed by atoms with Gasteiger partial charge in [0, 0.05) is 5.56 Å². The van der Waals surface area contributed by atoms with Crippen molar-refractivity contribution in [3.63, 3.8) is 0 Å². The minimum Gasteiger partial charge on any atom is -0.339 e. The molecule has 4 nitrogen and oxygen atoms in total. The monoisotopic (exact) mass is 253 g/mol. The van der Waals surface area contributed by atoms with Crippen LogP contribution in [0.25, 0.3) is 0 Å². The second kappa shape index (κ2) is 5.68. The summed E-state index contributed by atoms with van der Waals surface area (Å²) in [6.45, 7) is 3.21. The lowest BCUT2D eigenvalue weighted by Gasteiger charge is -2.00. The summed E-state index contributed by atoms with van der Waals surface area (Å²) in [6, 6.07) is 3.72. The van der Waals surface area contributed by atoms with E-state index >= 15 is 0 Å². The molecule has 0 unspecified atom stereocenters. The zero-order chi connectivity index (χ0) is 13.0. The third-order valence-corrected chi connectivity index (χ3v) is 2.43. The molecule has 6 heteroatoms. The van der Waals surface area contributed by atoms with Crippen LogP contribution in [0.15, 0.2) is 22.7 Å². The van der Waals surface area contributed by atoms with Gasteiger partial charge in [0.1, 0.15) is 11.6 Å². The molecule has 0 atom stereocenters. The van der Waals surface area contributed by atoms with Gasteiger partial charge in [-0.05, 0) is 18.7 Å². The van der Waals surface area contributed by atoms with Crippen LogP contribution in [-0.2, 0) is 13.0 Å². The van der Waals surface area contributed by atoms with E-state index in [0.717, 1.165) is 6.54 Å². The van der Waals surface area contributed by atoms with Gasteiger partial charge in [-0.15, -0.1) is 0 Å². The SMILES string of the molecule is CCNCc1noc(Cc2c(F)cccc2F)n1. The van der Waals surface area contributed by atoms with Crippen molar-refractivity contribution in [1.29, 1.82) is 0 Å². The Morgan fingerprint density at radius 1 is 1.28 bits per heavy atom. The van der Waals surface area contributed by atoms with Crippen LogP contribution < -0.4 is 5.32 Å². The standard InChI is InChI=1S/C12H13F2N3O/c1-2-15-7-11-16-12(18-17-11)6-8-9(13)4-3-5-10(8)14/h3-5,15H,2,6-7H2,1H3. The maximum atomic E-state index is 13.4. The Balaban J connectivity index is 2.11. The molecule has 0 bridgehead atoms. The van der Waals surface area contributed by atoms with Gasteiger partial charge >= 0.3 is 0 Å². The molecule has 0 amide bonds. The largest absolute Gasteiger partial charge is 0.339 e. The van der Waals surface area contributed by atoms with Crippen LogP contribution in [0, 0.1) is 11.6 Å². The number of nitrogens with zero attached hydrogens (tertiary/aromatic N) is 2. The number of hydrogen-bond donors (Lipinski definition) is 1. The fourth-order valence-corrected chi connectivity index (χ4v) is 1.52. The van der Waals surface area contributed by atoms with Crippen LogP contribution in [0.1, 0.15) is 24.2 Å². The van der Waals surface area contributed by atoms with Crippen LogP contribution >= 0.6 is 0 Å². The molecule has 2 rings (SSSR count). The van der Waals surface area contributed by atoms with Crippen molar-refractivity contribution >= 4 is 0 Å². The molecule has 0 fully saturated rings. The molecule has 18 heavy (non-hydrogen) atoms. The Labute approximate surface area is 103 Å². The molecule has 0 aliphatic rings. The Kier molecular flexibility index (Phi) is 3.99. The highest BCUT2D eigenvalue weighted by Crippen LogP contribution is 2.15. The zero-order valence-corrected chi connectivity index (χ0v) is 9.91. The molecule has 0 saturated heterocycles. The van der Waals surface area contributed by atoms with Crippen molar-refractivity contribution in [3.8, 4) is 0 Å². The third kappa shape index (κ3) is 2.89. The quantitative estimate of drug-likeness (QED) is 0.886. The second-order valence-electron chi connectivity index (χ2n) is 3.76. The fourth-order valence-electron chi connectivity index (χ4n) is 1.52. The summed E-state index contributed by atoms with van der Waals surface area (Å²) in [5.74, 6) is -0.543. The number of hydrogen-bond acceptors (Lipinski definition) is 4. The highest BCUT2D eigenvalue weighted by Gasteiger charge is 2.13. The number of nitrogens with one attached hydrogen (secondary N) is 1. The van der Waals surface area contributed by atoms with Gasteiger partial charge in [-0.25, -0.2) is 8.78 Å². The first-order valence-electron chi connectivity index (χ1n) is 5.65. The molecule has 1 aromatic carbocycles. The van der Waals surface area contributed by atoms with Crippen LogP contribution in [0.4, 0.5) is 8.78 Å². The first-order valence-corrected chi connectivity index (χ1v) is 5.65.